The molecule has 7 heteroatoms. The van der Waals surface area contributed by atoms with Gasteiger partial charge in [0.15, 0.2) is 0 Å². The molecule has 1 aromatic heterocycles. The Bertz CT molecular complexity index is 985. The van der Waals surface area contributed by atoms with Crippen molar-refractivity contribution in [3.05, 3.63) is 71.0 Å². The number of nitrogens with zero attached hydrogens (tertiary/aromatic N) is 3. The SMILES string of the molecule is Cc1cccc(NC(=O)C2Sc3nnc(C)n3NC2c2ccccc2)c1C. The highest BCUT2D eigenvalue weighted by Gasteiger charge is 2.37. The van der Waals surface area contributed by atoms with Crippen molar-refractivity contribution in [1.82, 2.24) is 14.9 Å². The molecule has 0 radical (unpaired) electrons. The van der Waals surface area contributed by atoms with E-state index in [1.165, 1.54) is 11.8 Å². The second-order valence-corrected chi connectivity index (χ2v) is 7.77. The highest BCUT2D eigenvalue weighted by atomic mass is 32.2. The summed E-state index contributed by atoms with van der Waals surface area (Å²) in [6.45, 7) is 5.95. The Morgan fingerprint density at radius 1 is 1.07 bits per heavy atom. The average Bonchev–Trinajstić information content (AvgIpc) is 3.05. The summed E-state index contributed by atoms with van der Waals surface area (Å²) in [4.78, 5) is 13.2. The van der Waals surface area contributed by atoms with Crippen LogP contribution in [-0.2, 0) is 4.79 Å². The first-order valence-electron chi connectivity index (χ1n) is 8.82. The van der Waals surface area contributed by atoms with Crippen molar-refractivity contribution in [3.8, 4) is 0 Å². The molecule has 27 heavy (non-hydrogen) atoms. The number of nitrogens with one attached hydrogen (secondary N) is 2. The molecular formula is C20H21N5OS. The van der Waals surface area contributed by atoms with E-state index < -0.39 is 0 Å². The molecule has 0 spiro atoms. The van der Waals surface area contributed by atoms with Crippen molar-refractivity contribution < 1.29 is 4.79 Å². The van der Waals surface area contributed by atoms with E-state index in [1.807, 2.05) is 74.0 Å². The van der Waals surface area contributed by atoms with Crippen molar-refractivity contribution in [3.63, 3.8) is 0 Å². The molecule has 0 bridgehead atoms. The van der Waals surface area contributed by atoms with Crippen LogP contribution >= 0.6 is 11.8 Å². The minimum atomic E-state index is -0.372. The fourth-order valence-corrected chi connectivity index (χ4v) is 4.29. The van der Waals surface area contributed by atoms with E-state index in [9.17, 15) is 4.79 Å². The molecule has 2 atom stereocenters. The molecule has 2 unspecified atom stereocenters. The molecule has 0 saturated heterocycles. The Morgan fingerprint density at radius 2 is 1.85 bits per heavy atom. The smallest absolute Gasteiger partial charge is 0.240 e. The molecule has 0 saturated carbocycles. The van der Waals surface area contributed by atoms with Crippen molar-refractivity contribution >= 4 is 23.4 Å². The molecule has 2 aromatic carbocycles. The predicted octanol–water partition coefficient (Wildman–Crippen LogP) is 3.60. The summed E-state index contributed by atoms with van der Waals surface area (Å²) >= 11 is 1.43. The van der Waals surface area contributed by atoms with Crippen LogP contribution in [0.25, 0.3) is 0 Å². The first kappa shape index (κ1) is 17.6. The van der Waals surface area contributed by atoms with Gasteiger partial charge >= 0.3 is 0 Å². The number of benzene rings is 2. The number of hydrogen-bond donors (Lipinski definition) is 2. The van der Waals surface area contributed by atoms with E-state index in [0.717, 1.165) is 28.2 Å². The van der Waals surface area contributed by atoms with Crippen molar-refractivity contribution in [1.29, 1.82) is 0 Å². The number of aryl methyl sites for hydroxylation is 2. The second kappa shape index (κ2) is 7.08. The molecule has 2 heterocycles. The third kappa shape index (κ3) is 3.30. The number of anilines is 1. The third-order valence-corrected chi connectivity index (χ3v) is 6.09. The Balaban J connectivity index is 1.67. The minimum Gasteiger partial charge on any atom is -0.325 e. The van der Waals surface area contributed by atoms with Gasteiger partial charge in [0.05, 0.1) is 6.04 Å². The van der Waals surface area contributed by atoms with Gasteiger partial charge in [-0.15, -0.1) is 10.2 Å². The zero-order valence-corrected chi connectivity index (χ0v) is 16.2. The van der Waals surface area contributed by atoms with Crippen LogP contribution in [0.15, 0.2) is 53.7 Å². The van der Waals surface area contributed by atoms with Gasteiger partial charge in [0, 0.05) is 5.69 Å². The number of rotatable bonds is 3. The summed E-state index contributed by atoms with van der Waals surface area (Å²) in [6.07, 6.45) is 0. The van der Waals surface area contributed by atoms with Gasteiger partial charge in [-0.05, 0) is 43.5 Å². The van der Waals surface area contributed by atoms with E-state index in [4.69, 9.17) is 0 Å². The number of hydrogen-bond acceptors (Lipinski definition) is 5. The van der Waals surface area contributed by atoms with Gasteiger partial charge in [0.2, 0.25) is 11.1 Å². The number of thioether (sulfide) groups is 1. The van der Waals surface area contributed by atoms with Crippen LogP contribution in [0.3, 0.4) is 0 Å². The summed E-state index contributed by atoms with van der Waals surface area (Å²) < 4.78 is 1.85. The molecule has 6 nitrogen and oxygen atoms in total. The largest absolute Gasteiger partial charge is 0.325 e. The molecule has 2 N–H and O–H groups in total. The van der Waals surface area contributed by atoms with E-state index >= 15 is 0 Å². The van der Waals surface area contributed by atoms with Gasteiger partial charge in [-0.2, -0.15) is 0 Å². The van der Waals surface area contributed by atoms with E-state index in [-0.39, 0.29) is 17.2 Å². The minimum absolute atomic E-state index is 0.0537. The monoisotopic (exact) mass is 379 g/mol. The molecule has 138 valence electrons. The van der Waals surface area contributed by atoms with E-state index in [1.54, 1.807) is 0 Å². The number of fused-ring (bicyclic) bond motifs is 1. The lowest BCUT2D eigenvalue weighted by Crippen LogP contribution is -2.41. The van der Waals surface area contributed by atoms with Crippen molar-refractivity contribution in [2.75, 3.05) is 10.7 Å². The lowest BCUT2D eigenvalue weighted by molar-refractivity contribution is -0.116. The molecule has 1 aliphatic rings. The van der Waals surface area contributed by atoms with Gasteiger partial charge in [0.1, 0.15) is 11.1 Å². The number of aromatic nitrogens is 3. The maximum Gasteiger partial charge on any atom is 0.240 e. The fourth-order valence-electron chi connectivity index (χ4n) is 3.16. The van der Waals surface area contributed by atoms with Crippen LogP contribution in [0.4, 0.5) is 5.69 Å². The third-order valence-electron chi connectivity index (χ3n) is 4.88. The molecule has 1 amide bonds. The van der Waals surface area contributed by atoms with Crippen LogP contribution in [0.5, 0.6) is 0 Å². The van der Waals surface area contributed by atoms with Gasteiger partial charge in [-0.3, -0.25) is 4.79 Å². The lowest BCUT2D eigenvalue weighted by Gasteiger charge is -2.32. The molecule has 3 aromatic rings. The Hall–Kier alpha value is -2.80. The highest BCUT2D eigenvalue weighted by Crippen LogP contribution is 2.37. The Kier molecular flexibility index (Phi) is 4.61. The lowest BCUT2D eigenvalue weighted by atomic mass is 10.0. The van der Waals surface area contributed by atoms with Crippen LogP contribution in [0.1, 0.15) is 28.6 Å². The van der Waals surface area contributed by atoms with Gasteiger partial charge in [-0.1, -0.05) is 54.2 Å². The quantitative estimate of drug-likeness (QED) is 0.727. The molecule has 4 rings (SSSR count). The van der Waals surface area contributed by atoms with Crippen molar-refractivity contribution in [2.45, 2.75) is 37.2 Å². The van der Waals surface area contributed by atoms with Crippen LogP contribution in [0, 0.1) is 20.8 Å². The number of carbonyl (C=O) groups is 1. The number of carbonyl (C=O) groups excluding carboxylic acids is 1. The summed E-state index contributed by atoms with van der Waals surface area (Å²) in [5.41, 5.74) is 7.53. The first-order valence-corrected chi connectivity index (χ1v) is 9.70. The van der Waals surface area contributed by atoms with E-state index in [2.05, 4.69) is 20.9 Å². The molecule has 0 aliphatic carbocycles. The summed E-state index contributed by atoms with van der Waals surface area (Å²) in [5.74, 6) is 0.716. The van der Waals surface area contributed by atoms with E-state index in [0.29, 0.717) is 5.16 Å². The molecular weight excluding hydrogens is 358 g/mol. The van der Waals surface area contributed by atoms with Crippen LogP contribution < -0.4 is 10.7 Å². The topological polar surface area (TPSA) is 71.8 Å². The van der Waals surface area contributed by atoms with Crippen LogP contribution in [-0.4, -0.2) is 26.0 Å². The maximum absolute atomic E-state index is 13.2. The summed E-state index contributed by atoms with van der Waals surface area (Å²) in [5, 5.41) is 11.7. The van der Waals surface area contributed by atoms with Gasteiger partial charge in [-0.25, -0.2) is 4.68 Å². The zero-order chi connectivity index (χ0) is 19.0. The standard InChI is InChI=1S/C20H21N5OS/c1-12-8-7-11-16(13(12)2)21-19(26)18-17(15-9-5-4-6-10-15)24-25-14(3)22-23-20(25)27-18/h4-11,17-18,24H,1-3H3,(H,21,26). The predicted molar refractivity (Wildman–Crippen MR) is 107 cm³/mol. The normalized spacial score (nSPS) is 18.5. The fraction of sp³-hybridized carbons (Fsp3) is 0.250. The second-order valence-electron chi connectivity index (χ2n) is 6.66. The molecule has 1 aliphatic heterocycles. The van der Waals surface area contributed by atoms with Gasteiger partial charge < -0.3 is 10.7 Å². The van der Waals surface area contributed by atoms with Crippen molar-refractivity contribution in [2.24, 2.45) is 0 Å². The van der Waals surface area contributed by atoms with Crippen LogP contribution in [0.2, 0.25) is 0 Å². The Morgan fingerprint density at radius 3 is 2.63 bits per heavy atom. The average molecular weight is 379 g/mol. The summed E-state index contributed by atoms with van der Waals surface area (Å²) in [6, 6.07) is 15.7. The molecule has 0 fully saturated rings. The zero-order valence-electron chi connectivity index (χ0n) is 15.4. The maximum atomic E-state index is 13.2. The highest BCUT2D eigenvalue weighted by molar-refractivity contribution is 8.00. The number of amides is 1. The Labute approximate surface area is 162 Å². The first-order chi connectivity index (χ1) is 13.0. The van der Waals surface area contributed by atoms with Gasteiger partial charge in [0.25, 0.3) is 0 Å². The summed E-state index contributed by atoms with van der Waals surface area (Å²) in [7, 11) is 0.